The summed E-state index contributed by atoms with van der Waals surface area (Å²) in [6.07, 6.45) is 1.99. The predicted molar refractivity (Wildman–Crippen MR) is 59.3 cm³/mol. The van der Waals surface area contributed by atoms with Crippen LogP contribution in [-0.4, -0.2) is 13.6 Å². The third-order valence-corrected chi connectivity index (χ3v) is 2.39. The molecule has 0 heterocycles. The summed E-state index contributed by atoms with van der Waals surface area (Å²) in [4.78, 5) is 1.97. The molecule has 1 nitrogen and oxygen atoms in total. The second-order valence-corrected chi connectivity index (χ2v) is 3.56. The van der Waals surface area contributed by atoms with Crippen LogP contribution < -0.4 is 4.90 Å². The molecule has 0 saturated carbocycles. The smallest absolute Gasteiger partial charge is 0.146 e. The van der Waals surface area contributed by atoms with E-state index < -0.39 is 0 Å². The SMILES string of the molecule is CCCN(C)c1cc(CC)ccc1F. The molecule has 1 aromatic rings. The molecule has 0 N–H and O–H groups in total. The van der Waals surface area contributed by atoms with Gasteiger partial charge in [-0.05, 0) is 30.5 Å². The number of hydrogen-bond acceptors (Lipinski definition) is 1. The first-order valence-corrected chi connectivity index (χ1v) is 5.18. The maximum Gasteiger partial charge on any atom is 0.146 e. The van der Waals surface area contributed by atoms with Gasteiger partial charge in [0.2, 0.25) is 0 Å². The van der Waals surface area contributed by atoms with E-state index in [-0.39, 0.29) is 5.82 Å². The van der Waals surface area contributed by atoms with Crippen LogP contribution in [0.15, 0.2) is 18.2 Å². The van der Waals surface area contributed by atoms with E-state index in [2.05, 4.69) is 13.8 Å². The van der Waals surface area contributed by atoms with Crippen molar-refractivity contribution in [3.8, 4) is 0 Å². The first-order valence-electron chi connectivity index (χ1n) is 5.18. The first kappa shape index (κ1) is 11.0. The van der Waals surface area contributed by atoms with Crippen LogP contribution in [0, 0.1) is 5.82 Å². The monoisotopic (exact) mass is 195 g/mol. The van der Waals surface area contributed by atoms with E-state index in [9.17, 15) is 4.39 Å². The molecule has 0 fully saturated rings. The van der Waals surface area contributed by atoms with Gasteiger partial charge in [0.25, 0.3) is 0 Å². The van der Waals surface area contributed by atoms with E-state index in [1.165, 1.54) is 5.56 Å². The van der Waals surface area contributed by atoms with Crippen LogP contribution in [0.3, 0.4) is 0 Å². The summed E-state index contributed by atoms with van der Waals surface area (Å²) in [5, 5.41) is 0. The highest BCUT2D eigenvalue weighted by Gasteiger charge is 2.06. The normalized spacial score (nSPS) is 10.3. The minimum Gasteiger partial charge on any atom is -0.372 e. The lowest BCUT2D eigenvalue weighted by atomic mass is 10.1. The molecular weight excluding hydrogens is 177 g/mol. The zero-order valence-electron chi connectivity index (χ0n) is 9.18. The van der Waals surface area contributed by atoms with E-state index in [1.807, 2.05) is 24.1 Å². The number of hydrogen-bond donors (Lipinski definition) is 0. The molecular formula is C12H18FN. The zero-order chi connectivity index (χ0) is 10.6. The molecule has 1 rings (SSSR count). The van der Waals surface area contributed by atoms with Crippen molar-refractivity contribution in [3.63, 3.8) is 0 Å². The lowest BCUT2D eigenvalue weighted by Gasteiger charge is -2.19. The molecule has 2 heteroatoms. The van der Waals surface area contributed by atoms with Crippen molar-refractivity contribution in [3.05, 3.63) is 29.6 Å². The molecule has 0 saturated heterocycles. The number of rotatable bonds is 4. The molecule has 0 atom stereocenters. The lowest BCUT2D eigenvalue weighted by molar-refractivity contribution is 0.621. The molecule has 0 spiro atoms. The van der Waals surface area contributed by atoms with Crippen molar-refractivity contribution < 1.29 is 4.39 Å². The summed E-state index contributed by atoms with van der Waals surface area (Å²) in [6, 6.07) is 5.34. The third kappa shape index (κ3) is 2.47. The molecule has 0 unspecified atom stereocenters. The highest BCUT2D eigenvalue weighted by molar-refractivity contribution is 5.49. The van der Waals surface area contributed by atoms with Gasteiger partial charge in [-0.3, -0.25) is 0 Å². The summed E-state index contributed by atoms with van der Waals surface area (Å²) in [6.45, 7) is 5.07. The lowest BCUT2D eigenvalue weighted by Crippen LogP contribution is -2.19. The highest BCUT2D eigenvalue weighted by atomic mass is 19.1. The highest BCUT2D eigenvalue weighted by Crippen LogP contribution is 2.20. The van der Waals surface area contributed by atoms with Crippen LogP contribution >= 0.6 is 0 Å². The quantitative estimate of drug-likeness (QED) is 0.713. The molecule has 0 aliphatic heterocycles. The molecule has 78 valence electrons. The summed E-state index contributed by atoms with van der Waals surface area (Å²) in [7, 11) is 1.93. The Morgan fingerprint density at radius 2 is 2.00 bits per heavy atom. The molecule has 14 heavy (non-hydrogen) atoms. The van der Waals surface area contributed by atoms with Gasteiger partial charge in [0.1, 0.15) is 5.82 Å². The Morgan fingerprint density at radius 3 is 2.57 bits per heavy atom. The van der Waals surface area contributed by atoms with Gasteiger partial charge in [0.05, 0.1) is 5.69 Å². The fourth-order valence-corrected chi connectivity index (χ4v) is 1.53. The van der Waals surface area contributed by atoms with Crippen molar-refractivity contribution >= 4 is 5.69 Å². The Bertz CT molecular complexity index is 296. The van der Waals surface area contributed by atoms with Gasteiger partial charge in [-0.2, -0.15) is 0 Å². The first-order chi connectivity index (χ1) is 6.69. The minimum atomic E-state index is -0.127. The Balaban J connectivity index is 2.93. The van der Waals surface area contributed by atoms with Crippen LogP contribution in [-0.2, 0) is 6.42 Å². The fourth-order valence-electron chi connectivity index (χ4n) is 1.53. The van der Waals surface area contributed by atoms with Crippen LogP contribution in [0.4, 0.5) is 10.1 Å². The fraction of sp³-hybridized carbons (Fsp3) is 0.500. The average Bonchev–Trinajstić information content (AvgIpc) is 2.19. The molecule has 1 aromatic carbocycles. The van der Waals surface area contributed by atoms with Crippen molar-refractivity contribution in [1.82, 2.24) is 0 Å². The van der Waals surface area contributed by atoms with Crippen LogP contribution in [0.1, 0.15) is 25.8 Å². The topological polar surface area (TPSA) is 3.24 Å². The predicted octanol–water partition coefficient (Wildman–Crippen LogP) is 3.23. The number of halogens is 1. The van der Waals surface area contributed by atoms with E-state index in [0.29, 0.717) is 5.69 Å². The van der Waals surface area contributed by atoms with Gasteiger partial charge >= 0.3 is 0 Å². The van der Waals surface area contributed by atoms with Crippen molar-refractivity contribution in [2.75, 3.05) is 18.5 Å². The summed E-state index contributed by atoms with van der Waals surface area (Å²) < 4.78 is 13.4. The Kier molecular flexibility index (Phi) is 3.93. The zero-order valence-corrected chi connectivity index (χ0v) is 9.18. The molecule has 0 aliphatic rings. The standard InChI is InChI=1S/C12H18FN/c1-4-8-14(3)12-9-10(5-2)6-7-11(12)13/h6-7,9H,4-5,8H2,1-3H3. The third-order valence-electron chi connectivity index (χ3n) is 2.39. The van der Waals surface area contributed by atoms with Crippen LogP contribution in [0.5, 0.6) is 0 Å². The van der Waals surface area contributed by atoms with Crippen LogP contribution in [0.25, 0.3) is 0 Å². The molecule has 0 aromatic heterocycles. The maximum absolute atomic E-state index is 13.4. The summed E-state index contributed by atoms with van der Waals surface area (Å²) in [5.41, 5.74) is 1.90. The van der Waals surface area contributed by atoms with E-state index in [4.69, 9.17) is 0 Å². The van der Waals surface area contributed by atoms with Crippen molar-refractivity contribution in [1.29, 1.82) is 0 Å². The van der Waals surface area contributed by atoms with Crippen molar-refractivity contribution in [2.24, 2.45) is 0 Å². The Morgan fingerprint density at radius 1 is 1.29 bits per heavy atom. The summed E-state index contributed by atoms with van der Waals surface area (Å²) >= 11 is 0. The van der Waals surface area contributed by atoms with E-state index >= 15 is 0 Å². The van der Waals surface area contributed by atoms with E-state index in [1.54, 1.807) is 6.07 Å². The van der Waals surface area contributed by atoms with E-state index in [0.717, 1.165) is 19.4 Å². The maximum atomic E-state index is 13.4. The van der Waals surface area contributed by atoms with Crippen molar-refractivity contribution in [2.45, 2.75) is 26.7 Å². The van der Waals surface area contributed by atoms with Gasteiger partial charge in [0.15, 0.2) is 0 Å². The molecule has 0 bridgehead atoms. The minimum absolute atomic E-state index is 0.127. The molecule has 0 aliphatic carbocycles. The van der Waals surface area contributed by atoms with Gasteiger partial charge < -0.3 is 4.90 Å². The number of anilines is 1. The van der Waals surface area contributed by atoms with Gasteiger partial charge in [-0.25, -0.2) is 4.39 Å². The number of nitrogens with zero attached hydrogens (tertiary/aromatic N) is 1. The second kappa shape index (κ2) is 4.99. The average molecular weight is 195 g/mol. The Hall–Kier alpha value is -1.05. The number of benzene rings is 1. The van der Waals surface area contributed by atoms with Gasteiger partial charge in [0, 0.05) is 13.6 Å². The number of aryl methyl sites for hydroxylation is 1. The largest absolute Gasteiger partial charge is 0.372 e. The summed E-state index contributed by atoms with van der Waals surface area (Å²) in [5.74, 6) is -0.127. The molecule has 0 amide bonds. The van der Waals surface area contributed by atoms with Gasteiger partial charge in [-0.15, -0.1) is 0 Å². The second-order valence-electron chi connectivity index (χ2n) is 3.56. The Labute approximate surface area is 85.5 Å². The molecule has 0 radical (unpaired) electrons. The van der Waals surface area contributed by atoms with Crippen LogP contribution in [0.2, 0.25) is 0 Å². The van der Waals surface area contributed by atoms with Gasteiger partial charge in [-0.1, -0.05) is 19.9 Å².